The molecule has 2 heterocycles. The largest absolute Gasteiger partial charge is 0.462 e. The average Bonchev–Trinajstić information content (AvgIpc) is 2.57. The Bertz CT molecular complexity index is 318. The third-order valence-electron chi connectivity index (χ3n) is 5.68. The third kappa shape index (κ3) is 3.19. The van der Waals surface area contributed by atoms with Gasteiger partial charge in [-0.15, -0.1) is 0 Å². The van der Waals surface area contributed by atoms with E-state index < -0.39 is 0 Å². The van der Waals surface area contributed by atoms with Crippen molar-refractivity contribution < 1.29 is 14.0 Å². The van der Waals surface area contributed by atoms with Crippen molar-refractivity contribution in [2.75, 3.05) is 14.1 Å². The van der Waals surface area contributed by atoms with Gasteiger partial charge in [-0.1, -0.05) is 26.7 Å². The van der Waals surface area contributed by atoms with E-state index in [-0.39, 0.29) is 18.0 Å². The molecule has 0 aromatic rings. The fourth-order valence-electron chi connectivity index (χ4n) is 4.26. The van der Waals surface area contributed by atoms with E-state index in [9.17, 15) is 4.79 Å². The Morgan fingerprint density at radius 2 is 1.60 bits per heavy atom. The first-order chi connectivity index (χ1) is 9.48. The van der Waals surface area contributed by atoms with Gasteiger partial charge < -0.3 is 9.22 Å². The van der Waals surface area contributed by atoms with E-state index in [1.807, 2.05) is 0 Å². The molecule has 2 fully saturated rings. The second-order valence-corrected chi connectivity index (χ2v) is 7.32. The molecule has 0 aromatic carbocycles. The highest BCUT2D eigenvalue weighted by molar-refractivity contribution is 5.72. The van der Waals surface area contributed by atoms with Crippen LogP contribution >= 0.6 is 0 Å². The van der Waals surface area contributed by atoms with Crippen LogP contribution < -0.4 is 0 Å². The zero-order valence-electron chi connectivity index (χ0n) is 13.7. The maximum atomic E-state index is 12.4. The molecule has 0 N–H and O–H groups in total. The van der Waals surface area contributed by atoms with Crippen LogP contribution in [0.3, 0.4) is 0 Å². The number of piperidine rings is 1. The van der Waals surface area contributed by atoms with Crippen LogP contribution in [0.5, 0.6) is 0 Å². The minimum absolute atomic E-state index is 0.0744. The van der Waals surface area contributed by atoms with Gasteiger partial charge in [-0.25, -0.2) is 0 Å². The molecule has 0 aromatic heterocycles. The Hall–Kier alpha value is -0.570. The monoisotopic (exact) mass is 282 g/mol. The first kappa shape index (κ1) is 15.8. The molecule has 2 saturated heterocycles. The second-order valence-electron chi connectivity index (χ2n) is 7.32. The molecule has 0 amide bonds. The van der Waals surface area contributed by atoms with Gasteiger partial charge in [-0.2, -0.15) is 0 Å². The average molecular weight is 282 g/mol. The van der Waals surface area contributed by atoms with Crippen LogP contribution in [0.1, 0.15) is 65.2 Å². The zero-order chi connectivity index (χ0) is 14.8. The van der Waals surface area contributed by atoms with Crippen molar-refractivity contribution in [2.24, 2.45) is 5.92 Å². The van der Waals surface area contributed by atoms with Crippen molar-refractivity contribution in [3.05, 3.63) is 0 Å². The minimum atomic E-state index is 0.0744. The maximum absolute atomic E-state index is 12.4. The number of nitrogens with zero attached hydrogens (tertiary/aromatic N) is 1. The molecule has 0 saturated carbocycles. The van der Waals surface area contributed by atoms with Crippen LogP contribution in [-0.2, 0) is 9.53 Å². The molecule has 116 valence electrons. The fourth-order valence-corrected chi connectivity index (χ4v) is 4.26. The van der Waals surface area contributed by atoms with Crippen LogP contribution in [0.15, 0.2) is 0 Å². The molecule has 2 aliphatic heterocycles. The molecular formula is C17H32NO2+. The van der Waals surface area contributed by atoms with E-state index in [1.54, 1.807) is 0 Å². The van der Waals surface area contributed by atoms with Crippen molar-refractivity contribution >= 4 is 5.97 Å². The summed E-state index contributed by atoms with van der Waals surface area (Å²) in [6.45, 7) is 4.30. The lowest BCUT2D eigenvalue weighted by Gasteiger charge is -2.44. The SMILES string of the molecule is CCCC(CCC)C(=O)OC1C[C@H]2CC[C@H](C1)[N+]2(C)C. The summed E-state index contributed by atoms with van der Waals surface area (Å²) in [5.41, 5.74) is 0. The topological polar surface area (TPSA) is 26.3 Å². The Morgan fingerprint density at radius 3 is 2.05 bits per heavy atom. The molecule has 2 atom stereocenters. The van der Waals surface area contributed by atoms with Gasteiger partial charge in [-0.3, -0.25) is 4.79 Å². The number of esters is 1. The Balaban J connectivity index is 1.89. The van der Waals surface area contributed by atoms with E-state index in [1.165, 1.54) is 12.8 Å². The predicted octanol–water partition coefficient (Wildman–Crippen LogP) is 3.52. The van der Waals surface area contributed by atoms with Gasteiger partial charge in [0.05, 0.1) is 32.1 Å². The number of carbonyl (C=O) groups is 1. The summed E-state index contributed by atoms with van der Waals surface area (Å²) < 4.78 is 7.02. The van der Waals surface area contributed by atoms with E-state index in [2.05, 4.69) is 27.9 Å². The van der Waals surface area contributed by atoms with Crippen molar-refractivity contribution in [3.8, 4) is 0 Å². The van der Waals surface area contributed by atoms with Crippen molar-refractivity contribution in [1.29, 1.82) is 0 Å². The molecule has 2 bridgehead atoms. The van der Waals surface area contributed by atoms with Crippen LogP contribution in [0.2, 0.25) is 0 Å². The number of fused-ring (bicyclic) bond motifs is 2. The number of hydrogen-bond donors (Lipinski definition) is 0. The molecule has 3 nitrogen and oxygen atoms in total. The van der Waals surface area contributed by atoms with Crippen LogP contribution in [0, 0.1) is 5.92 Å². The molecular weight excluding hydrogens is 250 g/mol. The molecule has 0 aliphatic carbocycles. The minimum Gasteiger partial charge on any atom is -0.462 e. The third-order valence-corrected chi connectivity index (χ3v) is 5.68. The van der Waals surface area contributed by atoms with Gasteiger partial charge in [0.15, 0.2) is 0 Å². The van der Waals surface area contributed by atoms with E-state index in [4.69, 9.17) is 4.74 Å². The standard InChI is InChI=1S/C17H32NO2/c1-5-7-13(8-6-2)17(19)20-16-11-14-9-10-15(12-16)18(14,3)4/h13-16H,5-12H2,1-4H3/q+1/t14-,15-/m1/s1. The first-order valence-corrected chi connectivity index (χ1v) is 8.52. The predicted molar refractivity (Wildman–Crippen MR) is 81.3 cm³/mol. The molecule has 2 rings (SSSR count). The van der Waals surface area contributed by atoms with Crippen LogP contribution in [0.4, 0.5) is 0 Å². The van der Waals surface area contributed by atoms with Crippen LogP contribution in [-0.4, -0.2) is 42.7 Å². The fraction of sp³-hybridized carbons (Fsp3) is 0.941. The van der Waals surface area contributed by atoms with Crippen molar-refractivity contribution in [2.45, 2.75) is 83.4 Å². The van der Waals surface area contributed by atoms with Crippen molar-refractivity contribution in [3.63, 3.8) is 0 Å². The summed E-state index contributed by atoms with van der Waals surface area (Å²) in [6.07, 6.45) is 9.03. The highest BCUT2D eigenvalue weighted by Crippen LogP contribution is 2.40. The molecule has 0 radical (unpaired) electrons. The molecule has 2 aliphatic rings. The second kappa shape index (κ2) is 6.46. The summed E-state index contributed by atoms with van der Waals surface area (Å²) in [6, 6.07) is 1.39. The maximum Gasteiger partial charge on any atom is 0.309 e. The first-order valence-electron chi connectivity index (χ1n) is 8.52. The van der Waals surface area contributed by atoms with Gasteiger partial charge in [-0.05, 0) is 12.8 Å². The lowest BCUT2D eigenvalue weighted by atomic mass is 9.96. The summed E-state index contributed by atoms with van der Waals surface area (Å²) in [5.74, 6) is 0.206. The van der Waals surface area contributed by atoms with E-state index in [0.29, 0.717) is 12.1 Å². The summed E-state index contributed by atoms with van der Waals surface area (Å²) >= 11 is 0. The van der Waals surface area contributed by atoms with E-state index >= 15 is 0 Å². The van der Waals surface area contributed by atoms with Gasteiger partial charge in [0, 0.05) is 25.7 Å². The van der Waals surface area contributed by atoms with Gasteiger partial charge in [0.2, 0.25) is 0 Å². The highest BCUT2D eigenvalue weighted by atomic mass is 16.5. The van der Waals surface area contributed by atoms with Gasteiger partial charge in [0.1, 0.15) is 6.10 Å². The summed E-state index contributed by atoms with van der Waals surface area (Å²) in [5, 5.41) is 0. The van der Waals surface area contributed by atoms with Crippen molar-refractivity contribution in [1.82, 2.24) is 0 Å². The number of quaternary nitrogens is 1. The Labute approximate surface area is 124 Å². The zero-order valence-corrected chi connectivity index (χ0v) is 13.7. The number of carbonyl (C=O) groups excluding carboxylic acids is 1. The van der Waals surface area contributed by atoms with E-state index in [0.717, 1.165) is 43.0 Å². The molecule has 20 heavy (non-hydrogen) atoms. The number of rotatable bonds is 6. The van der Waals surface area contributed by atoms with Gasteiger partial charge in [0.25, 0.3) is 0 Å². The number of ether oxygens (including phenoxy) is 1. The summed E-state index contributed by atoms with van der Waals surface area (Å²) in [4.78, 5) is 12.4. The Kier molecular flexibility index (Phi) is 5.11. The van der Waals surface area contributed by atoms with Crippen LogP contribution in [0.25, 0.3) is 0 Å². The van der Waals surface area contributed by atoms with Gasteiger partial charge >= 0.3 is 5.97 Å². The highest BCUT2D eigenvalue weighted by Gasteiger charge is 2.50. The lowest BCUT2D eigenvalue weighted by molar-refractivity contribution is -0.931. The molecule has 3 heteroatoms. The molecule has 0 spiro atoms. The number of hydrogen-bond acceptors (Lipinski definition) is 2. The molecule has 0 unspecified atom stereocenters. The summed E-state index contributed by atoms with van der Waals surface area (Å²) in [7, 11) is 4.69. The normalized spacial score (nSPS) is 31.6. The lowest BCUT2D eigenvalue weighted by Crippen LogP contribution is -2.56. The Morgan fingerprint density at radius 1 is 1.10 bits per heavy atom. The smallest absolute Gasteiger partial charge is 0.309 e. The quantitative estimate of drug-likeness (QED) is 0.550.